The maximum absolute atomic E-state index is 11.7. The highest BCUT2D eigenvalue weighted by Gasteiger charge is 2.24. The van der Waals surface area contributed by atoms with Gasteiger partial charge in [0, 0.05) is 17.7 Å². The minimum atomic E-state index is -0.0811. The van der Waals surface area contributed by atoms with Gasteiger partial charge in [0.15, 0.2) is 0 Å². The molecule has 0 aliphatic heterocycles. The van der Waals surface area contributed by atoms with Crippen LogP contribution in [0.4, 0.5) is 0 Å². The molecule has 4 nitrogen and oxygen atoms in total. The Bertz CT molecular complexity index is 416. The predicted octanol–water partition coefficient (Wildman–Crippen LogP) is 1.93. The second-order valence-corrected chi connectivity index (χ2v) is 5.18. The molecule has 0 bridgehead atoms. The van der Waals surface area contributed by atoms with Crippen LogP contribution in [0, 0.1) is 3.57 Å². The molecule has 1 aromatic heterocycles. The van der Waals surface area contributed by atoms with Crippen LogP contribution >= 0.6 is 22.6 Å². The minimum Gasteiger partial charge on any atom is -0.489 e. The Morgan fingerprint density at radius 1 is 1.56 bits per heavy atom. The lowest BCUT2D eigenvalue weighted by Gasteiger charge is -2.11. The van der Waals surface area contributed by atoms with Gasteiger partial charge in [0.25, 0.3) is 5.91 Å². The number of hydrogen-bond donors (Lipinski definition) is 0. The van der Waals surface area contributed by atoms with Crippen LogP contribution in [-0.4, -0.2) is 36.0 Å². The van der Waals surface area contributed by atoms with Crippen molar-refractivity contribution >= 4 is 28.5 Å². The first-order valence-electron chi connectivity index (χ1n) is 5.12. The number of nitrogens with zero attached hydrogens (tertiary/aromatic N) is 2. The fraction of sp³-hybridized carbons (Fsp3) is 0.455. The lowest BCUT2D eigenvalue weighted by atomic mass is 10.3. The Morgan fingerprint density at radius 3 is 2.75 bits per heavy atom. The minimum absolute atomic E-state index is 0.0811. The highest BCUT2D eigenvalue weighted by atomic mass is 127. The summed E-state index contributed by atoms with van der Waals surface area (Å²) in [5, 5.41) is 0. The molecule has 1 aliphatic rings. The summed E-state index contributed by atoms with van der Waals surface area (Å²) in [6.07, 6.45) is 4.22. The third-order valence-electron chi connectivity index (χ3n) is 2.25. The molecule has 0 radical (unpaired) electrons. The van der Waals surface area contributed by atoms with Crippen LogP contribution in [0.1, 0.15) is 23.3 Å². The lowest BCUT2D eigenvalue weighted by molar-refractivity contribution is 0.0820. The van der Waals surface area contributed by atoms with Gasteiger partial charge < -0.3 is 9.64 Å². The molecular weight excluding hydrogens is 319 g/mol. The predicted molar refractivity (Wildman–Crippen MR) is 68.6 cm³/mol. The third-order valence-corrected chi connectivity index (χ3v) is 3.07. The van der Waals surface area contributed by atoms with Crippen molar-refractivity contribution in [1.82, 2.24) is 9.88 Å². The van der Waals surface area contributed by atoms with Gasteiger partial charge >= 0.3 is 0 Å². The number of amides is 1. The average Bonchev–Trinajstić information content (AvgIpc) is 3.01. The number of hydrogen-bond acceptors (Lipinski definition) is 3. The molecule has 0 unspecified atom stereocenters. The Kier molecular flexibility index (Phi) is 3.32. The SMILES string of the molecule is CN(C)C(=O)c1ncc(OC2CC2)cc1I. The summed E-state index contributed by atoms with van der Waals surface area (Å²) in [5.74, 6) is 0.671. The average molecular weight is 332 g/mol. The number of carbonyl (C=O) groups is 1. The topological polar surface area (TPSA) is 42.4 Å². The largest absolute Gasteiger partial charge is 0.489 e. The number of halogens is 1. The van der Waals surface area contributed by atoms with Crippen molar-refractivity contribution in [2.45, 2.75) is 18.9 Å². The number of carbonyl (C=O) groups excluding carboxylic acids is 1. The van der Waals surface area contributed by atoms with E-state index in [1.54, 1.807) is 20.3 Å². The van der Waals surface area contributed by atoms with E-state index in [1.807, 2.05) is 6.07 Å². The van der Waals surface area contributed by atoms with Gasteiger partial charge in [-0.15, -0.1) is 0 Å². The van der Waals surface area contributed by atoms with E-state index in [0.717, 1.165) is 22.2 Å². The molecule has 1 fully saturated rings. The van der Waals surface area contributed by atoms with Crippen molar-refractivity contribution in [1.29, 1.82) is 0 Å². The molecule has 16 heavy (non-hydrogen) atoms. The molecule has 1 amide bonds. The van der Waals surface area contributed by atoms with E-state index in [0.29, 0.717) is 11.8 Å². The second-order valence-electron chi connectivity index (χ2n) is 4.02. The maximum atomic E-state index is 11.7. The lowest BCUT2D eigenvalue weighted by Crippen LogP contribution is -2.23. The standard InChI is InChI=1S/C11H13IN2O2/c1-14(2)11(15)10-9(12)5-8(6-13-10)16-7-3-4-7/h5-7H,3-4H2,1-2H3. The fourth-order valence-corrected chi connectivity index (χ4v) is 1.91. The zero-order valence-electron chi connectivity index (χ0n) is 9.24. The second kappa shape index (κ2) is 4.57. The molecule has 1 aliphatic carbocycles. The summed E-state index contributed by atoms with van der Waals surface area (Å²) in [6, 6.07) is 1.86. The smallest absolute Gasteiger partial charge is 0.273 e. The monoisotopic (exact) mass is 332 g/mol. The van der Waals surface area contributed by atoms with Crippen LogP contribution < -0.4 is 4.74 Å². The summed E-state index contributed by atoms with van der Waals surface area (Å²) >= 11 is 2.11. The Balaban J connectivity index is 2.18. The van der Waals surface area contributed by atoms with Crippen molar-refractivity contribution in [3.05, 3.63) is 21.5 Å². The van der Waals surface area contributed by atoms with Gasteiger partial charge in [0.05, 0.1) is 12.3 Å². The Morgan fingerprint density at radius 2 is 2.25 bits per heavy atom. The molecule has 1 aromatic rings. The van der Waals surface area contributed by atoms with E-state index >= 15 is 0 Å². The van der Waals surface area contributed by atoms with E-state index in [-0.39, 0.29) is 5.91 Å². The van der Waals surface area contributed by atoms with Crippen LogP contribution in [0.5, 0.6) is 5.75 Å². The molecule has 1 saturated carbocycles. The molecule has 5 heteroatoms. The molecule has 0 N–H and O–H groups in total. The zero-order valence-corrected chi connectivity index (χ0v) is 11.4. The molecule has 1 heterocycles. The molecule has 0 spiro atoms. The fourth-order valence-electron chi connectivity index (χ4n) is 1.23. The maximum Gasteiger partial charge on any atom is 0.273 e. The molecular formula is C11H13IN2O2. The summed E-state index contributed by atoms with van der Waals surface area (Å²) < 4.78 is 6.44. The van der Waals surface area contributed by atoms with Crippen molar-refractivity contribution < 1.29 is 9.53 Å². The number of pyridine rings is 1. The Labute approximate surface area is 108 Å². The first kappa shape index (κ1) is 11.6. The van der Waals surface area contributed by atoms with Crippen LogP contribution in [0.15, 0.2) is 12.3 Å². The van der Waals surface area contributed by atoms with Gasteiger partial charge in [-0.05, 0) is 41.5 Å². The quantitative estimate of drug-likeness (QED) is 0.795. The van der Waals surface area contributed by atoms with E-state index in [2.05, 4.69) is 27.6 Å². The van der Waals surface area contributed by atoms with Gasteiger partial charge in [-0.3, -0.25) is 4.79 Å². The van der Waals surface area contributed by atoms with Crippen LogP contribution in [0.25, 0.3) is 0 Å². The van der Waals surface area contributed by atoms with Gasteiger partial charge in [-0.2, -0.15) is 0 Å². The van der Waals surface area contributed by atoms with Crippen molar-refractivity contribution in [3.63, 3.8) is 0 Å². The molecule has 0 saturated heterocycles. The van der Waals surface area contributed by atoms with Crippen molar-refractivity contribution in [2.24, 2.45) is 0 Å². The number of ether oxygens (including phenoxy) is 1. The van der Waals surface area contributed by atoms with Gasteiger partial charge in [0.1, 0.15) is 11.4 Å². The van der Waals surface area contributed by atoms with Crippen LogP contribution in [-0.2, 0) is 0 Å². The summed E-state index contributed by atoms with van der Waals surface area (Å²) in [7, 11) is 3.43. The normalized spacial score (nSPS) is 14.7. The Hall–Kier alpha value is -0.850. The molecule has 0 atom stereocenters. The van der Waals surface area contributed by atoms with Crippen LogP contribution in [0.2, 0.25) is 0 Å². The summed E-state index contributed by atoms with van der Waals surface area (Å²) in [4.78, 5) is 17.4. The number of aromatic nitrogens is 1. The van der Waals surface area contributed by atoms with Gasteiger partial charge in [-0.25, -0.2) is 4.98 Å². The molecule has 0 aromatic carbocycles. The van der Waals surface area contributed by atoms with Gasteiger partial charge in [-0.1, -0.05) is 0 Å². The summed E-state index contributed by atoms with van der Waals surface area (Å²) in [5.41, 5.74) is 0.480. The van der Waals surface area contributed by atoms with E-state index in [4.69, 9.17) is 4.74 Å². The summed E-state index contributed by atoms with van der Waals surface area (Å²) in [6.45, 7) is 0. The van der Waals surface area contributed by atoms with Crippen molar-refractivity contribution in [3.8, 4) is 5.75 Å². The van der Waals surface area contributed by atoms with Crippen LogP contribution in [0.3, 0.4) is 0 Å². The zero-order chi connectivity index (χ0) is 11.7. The highest BCUT2D eigenvalue weighted by molar-refractivity contribution is 14.1. The third kappa shape index (κ3) is 2.63. The first-order chi connectivity index (χ1) is 7.58. The molecule has 86 valence electrons. The first-order valence-corrected chi connectivity index (χ1v) is 6.19. The van der Waals surface area contributed by atoms with E-state index in [9.17, 15) is 4.79 Å². The van der Waals surface area contributed by atoms with E-state index < -0.39 is 0 Å². The number of rotatable bonds is 3. The highest BCUT2D eigenvalue weighted by Crippen LogP contribution is 2.27. The van der Waals surface area contributed by atoms with Crippen molar-refractivity contribution in [2.75, 3.05) is 14.1 Å². The van der Waals surface area contributed by atoms with Gasteiger partial charge in [0.2, 0.25) is 0 Å². The molecule has 2 rings (SSSR count). The van der Waals surface area contributed by atoms with E-state index in [1.165, 1.54) is 4.90 Å².